The van der Waals surface area contributed by atoms with Gasteiger partial charge in [0.25, 0.3) is 0 Å². The summed E-state index contributed by atoms with van der Waals surface area (Å²) in [5, 5.41) is 0. The second-order valence-corrected chi connectivity index (χ2v) is 4.22. The Bertz CT molecular complexity index is 448. The minimum Gasteiger partial charge on any atom is -0.494 e. The maximum atomic E-state index is 5.85. The molecule has 2 N–H and O–H groups in total. The van der Waals surface area contributed by atoms with E-state index >= 15 is 0 Å². The first kappa shape index (κ1) is 12.7. The van der Waals surface area contributed by atoms with Gasteiger partial charge in [0, 0.05) is 12.3 Å². The van der Waals surface area contributed by atoms with Crippen LogP contribution < -0.4 is 10.5 Å². The van der Waals surface area contributed by atoms with Crippen LogP contribution in [0.15, 0.2) is 47.1 Å². The van der Waals surface area contributed by atoms with Crippen LogP contribution in [0.1, 0.15) is 24.2 Å². The van der Waals surface area contributed by atoms with E-state index in [-0.39, 0.29) is 5.92 Å². The molecule has 0 spiro atoms. The van der Waals surface area contributed by atoms with Crippen molar-refractivity contribution in [1.29, 1.82) is 0 Å². The number of benzene rings is 1. The van der Waals surface area contributed by atoms with Crippen molar-refractivity contribution in [2.45, 2.75) is 19.3 Å². The summed E-state index contributed by atoms with van der Waals surface area (Å²) in [4.78, 5) is 0. The average molecular weight is 245 g/mol. The van der Waals surface area contributed by atoms with E-state index in [1.165, 1.54) is 5.56 Å². The van der Waals surface area contributed by atoms with Crippen LogP contribution in [0.25, 0.3) is 0 Å². The second kappa shape index (κ2) is 6.26. The minimum absolute atomic E-state index is 0.284. The zero-order valence-electron chi connectivity index (χ0n) is 10.6. The molecule has 1 aromatic carbocycles. The van der Waals surface area contributed by atoms with Gasteiger partial charge in [0.05, 0.1) is 12.9 Å². The zero-order valence-corrected chi connectivity index (χ0v) is 10.6. The van der Waals surface area contributed by atoms with Crippen molar-refractivity contribution >= 4 is 0 Å². The molecule has 1 unspecified atom stereocenters. The van der Waals surface area contributed by atoms with Crippen LogP contribution in [-0.2, 0) is 6.42 Å². The van der Waals surface area contributed by atoms with E-state index in [1.54, 1.807) is 6.26 Å². The van der Waals surface area contributed by atoms with Gasteiger partial charge in [-0.3, -0.25) is 0 Å². The molecule has 2 rings (SSSR count). The third kappa shape index (κ3) is 3.14. The Hall–Kier alpha value is -1.74. The highest BCUT2D eigenvalue weighted by molar-refractivity contribution is 5.30. The van der Waals surface area contributed by atoms with Crippen molar-refractivity contribution in [2.24, 2.45) is 5.73 Å². The van der Waals surface area contributed by atoms with Gasteiger partial charge in [-0.25, -0.2) is 0 Å². The van der Waals surface area contributed by atoms with Gasteiger partial charge in [-0.15, -0.1) is 0 Å². The molecule has 0 amide bonds. The van der Waals surface area contributed by atoms with Gasteiger partial charge in [0.15, 0.2) is 0 Å². The molecule has 3 heteroatoms. The first-order chi connectivity index (χ1) is 8.83. The van der Waals surface area contributed by atoms with Crippen LogP contribution in [0, 0.1) is 0 Å². The minimum atomic E-state index is 0.284. The van der Waals surface area contributed by atoms with Gasteiger partial charge in [0.2, 0.25) is 0 Å². The Morgan fingerprint density at radius 3 is 2.56 bits per heavy atom. The Balaban J connectivity index is 2.07. The van der Waals surface area contributed by atoms with E-state index in [0.29, 0.717) is 13.2 Å². The summed E-state index contributed by atoms with van der Waals surface area (Å²) in [5.74, 6) is 2.15. The lowest BCUT2D eigenvalue weighted by atomic mass is 9.95. The molecule has 0 radical (unpaired) electrons. The Morgan fingerprint density at radius 2 is 2.00 bits per heavy atom. The molecule has 1 atom stereocenters. The van der Waals surface area contributed by atoms with Gasteiger partial charge in [-0.2, -0.15) is 0 Å². The summed E-state index contributed by atoms with van der Waals surface area (Å²) in [6.45, 7) is 3.27. The fraction of sp³-hybridized carbons (Fsp3) is 0.333. The van der Waals surface area contributed by atoms with E-state index in [1.807, 2.05) is 31.2 Å². The van der Waals surface area contributed by atoms with E-state index in [2.05, 4.69) is 12.1 Å². The molecule has 18 heavy (non-hydrogen) atoms. The van der Waals surface area contributed by atoms with E-state index in [9.17, 15) is 0 Å². The second-order valence-electron chi connectivity index (χ2n) is 4.22. The SMILES string of the molecule is CCOc1ccc(C(CN)Cc2ccco2)cc1. The maximum Gasteiger partial charge on any atom is 0.119 e. The highest BCUT2D eigenvalue weighted by Crippen LogP contribution is 2.22. The average Bonchev–Trinajstić information content (AvgIpc) is 2.90. The molecule has 0 aliphatic rings. The molecule has 0 aliphatic carbocycles. The molecule has 1 aromatic heterocycles. The Morgan fingerprint density at radius 1 is 1.22 bits per heavy atom. The fourth-order valence-corrected chi connectivity index (χ4v) is 2.01. The summed E-state index contributed by atoms with van der Waals surface area (Å²) in [6, 6.07) is 12.0. The molecule has 0 bridgehead atoms. The highest BCUT2D eigenvalue weighted by Gasteiger charge is 2.12. The number of hydrogen-bond donors (Lipinski definition) is 1. The number of nitrogens with two attached hydrogens (primary N) is 1. The lowest BCUT2D eigenvalue weighted by Gasteiger charge is -2.14. The van der Waals surface area contributed by atoms with Gasteiger partial charge in [-0.1, -0.05) is 12.1 Å². The summed E-state index contributed by atoms with van der Waals surface area (Å²) < 4.78 is 10.8. The van der Waals surface area contributed by atoms with Crippen molar-refractivity contribution in [3.8, 4) is 5.75 Å². The fourth-order valence-electron chi connectivity index (χ4n) is 2.01. The smallest absolute Gasteiger partial charge is 0.119 e. The topological polar surface area (TPSA) is 48.4 Å². The molecule has 96 valence electrons. The molecule has 0 saturated heterocycles. The first-order valence-electron chi connectivity index (χ1n) is 6.28. The molecule has 1 heterocycles. The van der Waals surface area contributed by atoms with Crippen LogP contribution in [0.3, 0.4) is 0 Å². The van der Waals surface area contributed by atoms with Crippen LogP contribution in [0.4, 0.5) is 0 Å². The number of rotatable bonds is 6. The molecule has 0 fully saturated rings. The van der Waals surface area contributed by atoms with E-state index in [4.69, 9.17) is 14.9 Å². The zero-order chi connectivity index (χ0) is 12.8. The number of ether oxygens (including phenoxy) is 1. The largest absolute Gasteiger partial charge is 0.494 e. The van der Waals surface area contributed by atoms with Crippen LogP contribution in [-0.4, -0.2) is 13.2 Å². The normalized spacial score (nSPS) is 12.3. The summed E-state index contributed by atoms with van der Waals surface area (Å²) >= 11 is 0. The van der Waals surface area contributed by atoms with Crippen molar-refractivity contribution in [3.63, 3.8) is 0 Å². The summed E-state index contributed by atoms with van der Waals surface area (Å²) in [7, 11) is 0. The summed E-state index contributed by atoms with van der Waals surface area (Å²) in [5.41, 5.74) is 7.06. The number of furan rings is 1. The van der Waals surface area contributed by atoms with Gasteiger partial charge in [0.1, 0.15) is 11.5 Å². The third-order valence-corrected chi connectivity index (χ3v) is 2.97. The molecule has 0 aliphatic heterocycles. The van der Waals surface area contributed by atoms with Crippen LogP contribution in [0.5, 0.6) is 5.75 Å². The van der Waals surface area contributed by atoms with Crippen molar-refractivity contribution in [2.75, 3.05) is 13.2 Å². The summed E-state index contributed by atoms with van der Waals surface area (Å²) in [6.07, 6.45) is 2.53. The maximum absolute atomic E-state index is 5.85. The van der Waals surface area contributed by atoms with E-state index < -0.39 is 0 Å². The van der Waals surface area contributed by atoms with Crippen molar-refractivity contribution in [1.82, 2.24) is 0 Å². The molecular weight excluding hydrogens is 226 g/mol. The van der Waals surface area contributed by atoms with Gasteiger partial charge >= 0.3 is 0 Å². The highest BCUT2D eigenvalue weighted by atomic mass is 16.5. The van der Waals surface area contributed by atoms with Crippen LogP contribution in [0.2, 0.25) is 0 Å². The van der Waals surface area contributed by atoms with Gasteiger partial charge in [-0.05, 0) is 43.3 Å². The van der Waals surface area contributed by atoms with Crippen molar-refractivity contribution in [3.05, 3.63) is 54.0 Å². The first-order valence-corrected chi connectivity index (χ1v) is 6.28. The predicted octanol–water partition coefficient (Wildman–Crippen LogP) is 2.96. The van der Waals surface area contributed by atoms with Gasteiger partial charge < -0.3 is 14.9 Å². The predicted molar refractivity (Wildman–Crippen MR) is 71.8 cm³/mol. The molecule has 3 nitrogen and oxygen atoms in total. The standard InChI is InChI=1S/C15H19NO2/c1-2-17-14-7-5-12(6-8-14)13(11-16)10-15-4-3-9-18-15/h3-9,13H,2,10-11,16H2,1H3. The Kier molecular flexibility index (Phi) is 4.42. The Labute approximate surface area is 108 Å². The monoisotopic (exact) mass is 245 g/mol. The number of hydrogen-bond acceptors (Lipinski definition) is 3. The molecule has 2 aromatic rings. The van der Waals surface area contributed by atoms with E-state index in [0.717, 1.165) is 17.9 Å². The third-order valence-electron chi connectivity index (χ3n) is 2.97. The van der Waals surface area contributed by atoms with Crippen LogP contribution >= 0.6 is 0 Å². The molecular formula is C15H19NO2. The van der Waals surface area contributed by atoms with Crippen molar-refractivity contribution < 1.29 is 9.15 Å². The quantitative estimate of drug-likeness (QED) is 0.851. The lowest BCUT2D eigenvalue weighted by molar-refractivity contribution is 0.340. The lowest BCUT2D eigenvalue weighted by Crippen LogP contribution is -2.14. The molecule has 0 saturated carbocycles.